The summed E-state index contributed by atoms with van der Waals surface area (Å²) in [4.78, 5) is 12.4. The molecule has 2 N–H and O–H groups in total. The van der Waals surface area contributed by atoms with Crippen molar-refractivity contribution in [2.75, 3.05) is 6.61 Å². The summed E-state index contributed by atoms with van der Waals surface area (Å²) >= 11 is 0. The predicted molar refractivity (Wildman–Crippen MR) is 77.9 cm³/mol. The first kappa shape index (κ1) is 15.7. The van der Waals surface area contributed by atoms with Crippen molar-refractivity contribution in [3.63, 3.8) is 0 Å². The highest BCUT2D eigenvalue weighted by molar-refractivity contribution is 5.92. The molecule has 2 rings (SSSR count). The van der Waals surface area contributed by atoms with Gasteiger partial charge >= 0.3 is 5.97 Å². The van der Waals surface area contributed by atoms with Crippen molar-refractivity contribution in [2.45, 2.75) is 32.6 Å². The maximum absolute atomic E-state index is 12.4. The number of hydrogen-bond donors (Lipinski definition) is 1. The molecular weight excluding hydrogens is 284 g/mol. The minimum atomic E-state index is -0.627. The van der Waals surface area contributed by atoms with E-state index in [4.69, 9.17) is 19.6 Å². The highest BCUT2D eigenvalue weighted by atomic mass is 16.5. The van der Waals surface area contributed by atoms with E-state index in [2.05, 4.69) is 0 Å². The van der Waals surface area contributed by atoms with Crippen LogP contribution in [0.25, 0.3) is 0 Å². The number of carbonyl (C=O) groups is 1. The summed E-state index contributed by atoms with van der Waals surface area (Å²) in [5, 5.41) is 9.40. The van der Waals surface area contributed by atoms with Gasteiger partial charge in [-0.1, -0.05) is 6.92 Å². The average molecular weight is 302 g/mol. The topological polar surface area (TPSA) is 98.5 Å². The van der Waals surface area contributed by atoms with Crippen LogP contribution in [-0.4, -0.2) is 12.6 Å². The lowest BCUT2D eigenvalue weighted by Crippen LogP contribution is -2.26. The fourth-order valence-corrected chi connectivity index (χ4v) is 2.44. The molecule has 0 saturated carbocycles. The second-order valence-corrected chi connectivity index (χ2v) is 4.79. The van der Waals surface area contributed by atoms with Crippen LogP contribution in [0.5, 0.6) is 0 Å². The molecule has 0 saturated heterocycles. The summed E-state index contributed by atoms with van der Waals surface area (Å²) in [7, 11) is 0. The number of rotatable bonds is 5. The fraction of sp³-hybridized carbons (Fsp3) is 0.375. The van der Waals surface area contributed by atoms with Crippen LogP contribution in [0.4, 0.5) is 0 Å². The van der Waals surface area contributed by atoms with Crippen LogP contribution in [0.15, 0.2) is 45.8 Å². The maximum Gasteiger partial charge on any atom is 0.338 e. The van der Waals surface area contributed by atoms with Gasteiger partial charge in [-0.25, -0.2) is 4.79 Å². The summed E-state index contributed by atoms with van der Waals surface area (Å²) < 4.78 is 15.7. The van der Waals surface area contributed by atoms with Crippen LogP contribution in [0, 0.1) is 11.3 Å². The monoisotopic (exact) mass is 302 g/mol. The highest BCUT2D eigenvalue weighted by Crippen LogP contribution is 2.40. The van der Waals surface area contributed by atoms with Gasteiger partial charge in [-0.2, -0.15) is 5.26 Å². The lowest BCUT2D eigenvalue weighted by atomic mass is 9.83. The number of furan rings is 1. The summed E-state index contributed by atoms with van der Waals surface area (Å²) in [5.74, 6) is -0.663. The minimum absolute atomic E-state index is 0.0187. The zero-order chi connectivity index (χ0) is 16.1. The van der Waals surface area contributed by atoms with Crippen molar-refractivity contribution >= 4 is 5.97 Å². The van der Waals surface area contributed by atoms with E-state index in [1.54, 1.807) is 13.0 Å². The minimum Gasteiger partial charge on any atom is -0.472 e. The van der Waals surface area contributed by atoms with Gasteiger partial charge in [0.2, 0.25) is 5.88 Å². The lowest BCUT2D eigenvalue weighted by molar-refractivity contribution is -0.139. The molecule has 1 atom stereocenters. The summed E-state index contributed by atoms with van der Waals surface area (Å²) in [5.41, 5.74) is 7.03. The van der Waals surface area contributed by atoms with Crippen LogP contribution in [0.3, 0.4) is 0 Å². The number of nitrogens with zero attached hydrogens (tertiary/aromatic N) is 1. The van der Waals surface area contributed by atoms with Gasteiger partial charge in [-0.3, -0.25) is 0 Å². The third-order valence-electron chi connectivity index (χ3n) is 3.35. The van der Waals surface area contributed by atoms with Gasteiger partial charge < -0.3 is 19.6 Å². The van der Waals surface area contributed by atoms with Gasteiger partial charge in [-0.05, 0) is 19.4 Å². The Morgan fingerprint density at radius 2 is 2.27 bits per heavy atom. The molecule has 22 heavy (non-hydrogen) atoms. The van der Waals surface area contributed by atoms with Gasteiger partial charge in [0.05, 0.1) is 30.6 Å². The molecule has 1 aliphatic rings. The lowest BCUT2D eigenvalue weighted by Gasteiger charge is -2.27. The van der Waals surface area contributed by atoms with Crippen LogP contribution in [0.1, 0.15) is 38.2 Å². The summed E-state index contributed by atoms with van der Waals surface area (Å²) in [6.45, 7) is 3.93. The number of allylic oxidation sites excluding steroid dienone is 2. The van der Waals surface area contributed by atoms with Crippen molar-refractivity contribution in [3.05, 3.63) is 46.9 Å². The first-order chi connectivity index (χ1) is 10.6. The van der Waals surface area contributed by atoms with E-state index >= 15 is 0 Å². The van der Waals surface area contributed by atoms with Crippen LogP contribution < -0.4 is 5.73 Å². The van der Waals surface area contributed by atoms with Crippen molar-refractivity contribution < 1.29 is 18.7 Å². The third-order valence-corrected chi connectivity index (χ3v) is 3.35. The highest BCUT2D eigenvalue weighted by Gasteiger charge is 2.37. The Morgan fingerprint density at radius 3 is 2.82 bits per heavy atom. The number of esters is 1. The second-order valence-electron chi connectivity index (χ2n) is 4.79. The molecule has 0 amide bonds. The van der Waals surface area contributed by atoms with E-state index in [-0.39, 0.29) is 18.1 Å². The number of ether oxygens (including phenoxy) is 2. The summed E-state index contributed by atoms with van der Waals surface area (Å²) in [6, 6.07) is 3.73. The van der Waals surface area contributed by atoms with Crippen LogP contribution in [-0.2, 0) is 14.3 Å². The van der Waals surface area contributed by atoms with E-state index in [1.807, 2.05) is 13.0 Å². The SMILES string of the molecule is CCCC1=C(C(=O)OCC)[C@@H](c2ccoc2)C(C#N)=C(N)O1. The second kappa shape index (κ2) is 6.85. The molecule has 0 spiro atoms. The normalized spacial score (nSPS) is 18.0. The molecule has 0 unspecified atom stereocenters. The van der Waals surface area contributed by atoms with Gasteiger partial charge in [0.1, 0.15) is 17.4 Å². The van der Waals surface area contributed by atoms with E-state index < -0.39 is 11.9 Å². The number of hydrogen-bond acceptors (Lipinski definition) is 6. The number of carbonyl (C=O) groups excluding carboxylic acids is 1. The molecule has 1 aromatic rings. The van der Waals surface area contributed by atoms with E-state index in [0.29, 0.717) is 23.3 Å². The average Bonchev–Trinajstić information content (AvgIpc) is 3.01. The first-order valence-electron chi connectivity index (χ1n) is 7.13. The van der Waals surface area contributed by atoms with E-state index in [9.17, 15) is 10.1 Å². The van der Waals surface area contributed by atoms with E-state index in [1.165, 1.54) is 12.5 Å². The van der Waals surface area contributed by atoms with Crippen LogP contribution >= 0.6 is 0 Å². The van der Waals surface area contributed by atoms with Crippen molar-refractivity contribution in [2.24, 2.45) is 5.73 Å². The van der Waals surface area contributed by atoms with Crippen molar-refractivity contribution in [3.8, 4) is 6.07 Å². The predicted octanol–water partition coefficient (Wildman–Crippen LogP) is 2.70. The zero-order valence-electron chi connectivity index (χ0n) is 12.6. The molecule has 6 heteroatoms. The molecule has 1 aromatic heterocycles. The third kappa shape index (κ3) is 2.84. The Hall–Kier alpha value is -2.68. The van der Waals surface area contributed by atoms with Gasteiger partial charge in [0.25, 0.3) is 0 Å². The Labute approximate surface area is 128 Å². The number of nitrogens with two attached hydrogens (primary N) is 1. The molecule has 6 nitrogen and oxygen atoms in total. The summed E-state index contributed by atoms with van der Waals surface area (Å²) in [6.07, 6.45) is 4.27. The molecule has 0 aliphatic carbocycles. The molecule has 0 bridgehead atoms. The van der Waals surface area contributed by atoms with Crippen molar-refractivity contribution in [1.82, 2.24) is 0 Å². The Morgan fingerprint density at radius 1 is 1.50 bits per heavy atom. The van der Waals surface area contributed by atoms with Gasteiger partial charge in [0, 0.05) is 12.0 Å². The maximum atomic E-state index is 12.4. The molecule has 2 heterocycles. The molecule has 0 radical (unpaired) electrons. The van der Waals surface area contributed by atoms with Crippen molar-refractivity contribution in [1.29, 1.82) is 5.26 Å². The molecule has 1 aliphatic heterocycles. The molecule has 0 fully saturated rings. The Bertz CT molecular complexity index is 650. The fourth-order valence-electron chi connectivity index (χ4n) is 2.44. The van der Waals surface area contributed by atoms with Gasteiger partial charge in [-0.15, -0.1) is 0 Å². The quantitative estimate of drug-likeness (QED) is 0.840. The first-order valence-corrected chi connectivity index (χ1v) is 7.13. The standard InChI is InChI=1S/C16H18N2O4/c1-3-5-12-14(16(19)21-4-2)13(10-6-7-20-9-10)11(8-17)15(18)22-12/h6-7,9,13H,3-5,18H2,1-2H3/t13-/m0/s1. The van der Waals surface area contributed by atoms with E-state index in [0.717, 1.165) is 6.42 Å². The largest absolute Gasteiger partial charge is 0.472 e. The van der Waals surface area contributed by atoms with Crippen LogP contribution in [0.2, 0.25) is 0 Å². The molecule has 116 valence electrons. The Balaban J connectivity index is 2.59. The molecule has 0 aromatic carbocycles. The Kier molecular flexibility index (Phi) is 4.89. The number of nitriles is 1. The molecular formula is C16H18N2O4. The van der Waals surface area contributed by atoms with Gasteiger partial charge in [0.15, 0.2) is 0 Å². The zero-order valence-corrected chi connectivity index (χ0v) is 12.6. The smallest absolute Gasteiger partial charge is 0.338 e.